The van der Waals surface area contributed by atoms with Gasteiger partial charge in [0, 0.05) is 12.0 Å². The first-order valence-corrected chi connectivity index (χ1v) is 9.05. The second-order valence-electron chi connectivity index (χ2n) is 6.23. The molecule has 0 radical (unpaired) electrons. The molecular weight excluding hydrogens is 344 g/mol. The molecular formula is C22H26O5. The van der Waals surface area contributed by atoms with E-state index in [-0.39, 0.29) is 31.4 Å². The fourth-order valence-corrected chi connectivity index (χ4v) is 2.66. The lowest BCUT2D eigenvalue weighted by Gasteiger charge is -2.11. The summed E-state index contributed by atoms with van der Waals surface area (Å²) in [6.07, 6.45) is 0.231. The number of carbonyl (C=O) groups excluding carboxylic acids is 2. The number of Topliss-reactive ketones (excluding diaryl/α,β-unsaturated/α-hetero) is 1. The highest BCUT2D eigenvalue weighted by molar-refractivity contribution is 5.97. The minimum Gasteiger partial charge on any atom is -0.468 e. The van der Waals surface area contributed by atoms with Crippen molar-refractivity contribution in [2.45, 2.75) is 40.2 Å². The predicted molar refractivity (Wildman–Crippen MR) is 103 cm³/mol. The Labute approximate surface area is 160 Å². The molecule has 0 fully saturated rings. The molecule has 0 saturated heterocycles. The van der Waals surface area contributed by atoms with Crippen LogP contribution in [0.3, 0.4) is 0 Å². The van der Waals surface area contributed by atoms with Crippen molar-refractivity contribution >= 4 is 11.8 Å². The molecule has 0 saturated carbocycles. The van der Waals surface area contributed by atoms with Crippen molar-refractivity contribution in [1.82, 2.24) is 0 Å². The molecule has 144 valence electrons. The fourth-order valence-electron chi connectivity index (χ4n) is 2.66. The molecule has 2 aromatic rings. The number of ketones is 1. The van der Waals surface area contributed by atoms with E-state index in [9.17, 15) is 9.59 Å². The van der Waals surface area contributed by atoms with E-state index in [1.165, 1.54) is 16.7 Å². The number of hydrogen-bond donors (Lipinski definition) is 0. The molecule has 0 heterocycles. The Bertz CT molecular complexity index is 745. The van der Waals surface area contributed by atoms with Crippen molar-refractivity contribution in [3.63, 3.8) is 0 Å². The van der Waals surface area contributed by atoms with E-state index in [4.69, 9.17) is 14.2 Å². The second kappa shape index (κ2) is 10.5. The maximum Gasteiger partial charge on any atom is 0.306 e. The largest absolute Gasteiger partial charge is 0.468 e. The molecule has 0 unspecified atom stereocenters. The van der Waals surface area contributed by atoms with Gasteiger partial charge < -0.3 is 14.2 Å². The van der Waals surface area contributed by atoms with Crippen molar-refractivity contribution in [2.24, 2.45) is 0 Å². The van der Waals surface area contributed by atoms with Crippen molar-refractivity contribution in [1.29, 1.82) is 0 Å². The van der Waals surface area contributed by atoms with Gasteiger partial charge in [-0.3, -0.25) is 9.59 Å². The van der Waals surface area contributed by atoms with Crippen LogP contribution in [0.4, 0.5) is 0 Å². The lowest BCUT2D eigenvalue weighted by Crippen LogP contribution is -2.08. The van der Waals surface area contributed by atoms with E-state index in [0.717, 1.165) is 0 Å². The number of rotatable bonds is 10. The Hall–Kier alpha value is -2.66. The zero-order valence-corrected chi connectivity index (χ0v) is 16.1. The Morgan fingerprint density at radius 3 is 2.22 bits per heavy atom. The SMILES string of the molecule is CCOC(=O)CCC(=O)c1ccc(OCOCc2c(C)cccc2C)cc1. The topological polar surface area (TPSA) is 61.8 Å². The molecule has 0 spiro atoms. The number of benzene rings is 2. The molecule has 0 aliphatic rings. The molecule has 0 N–H and O–H groups in total. The van der Waals surface area contributed by atoms with Gasteiger partial charge in [0.15, 0.2) is 12.6 Å². The predicted octanol–water partition coefficient (Wildman–Crippen LogP) is 4.38. The first-order valence-electron chi connectivity index (χ1n) is 9.05. The number of esters is 1. The van der Waals surface area contributed by atoms with E-state index in [1.807, 2.05) is 6.07 Å². The Morgan fingerprint density at radius 2 is 1.59 bits per heavy atom. The van der Waals surface area contributed by atoms with Gasteiger partial charge in [0.25, 0.3) is 0 Å². The molecule has 0 aromatic heterocycles. The van der Waals surface area contributed by atoms with Crippen LogP contribution in [-0.2, 0) is 20.9 Å². The van der Waals surface area contributed by atoms with Crippen molar-refractivity contribution in [2.75, 3.05) is 13.4 Å². The van der Waals surface area contributed by atoms with E-state index in [0.29, 0.717) is 24.5 Å². The van der Waals surface area contributed by atoms with Gasteiger partial charge in [-0.05, 0) is 61.7 Å². The van der Waals surface area contributed by atoms with Crippen LogP contribution in [0.1, 0.15) is 46.8 Å². The van der Waals surface area contributed by atoms with Crippen LogP contribution in [0.15, 0.2) is 42.5 Å². The monoisotopic (exact) mass is 370 g/mol. The van der Waals surface area contributed by atoms with E-state index in [1.54, 1.807) is 31.2 Å². The molecule has 0 aliphatic carbocycles. The van der Waals surface area contributed by atoms with Gasteiger partial charge in [0.2, 0.25) is 0 Å². The van der Waals surface area contributed by atoms with Crippen molar-refractivity contribution in [3.8, 4) is 5.75 Å². The Kier molecular flexibility index (Phi) is 8.01. The fraction of sp³-hybridized carbons (Fsp3) is 0.364. The van der Waals surface area contributed by atoms with E-state index in [2.05, 4.69) is 26.0 Å². The molecule has 27 heavy (non-hydrogen) atoms. The quantitative estimate of drug-likeness (QED) is 0.269. The zero-order chi connectivity index (χ0) is 19.6. The normalized spacial score (nSPS) is 10.5. The van der Waals surface area contributed by atoms with E-state index < -0.39 is 0 Å². The molecule has 0 amide bonds. The van der Waals surface area contributed by atoms with Crippen molar-refractivity contribution < 1.29 is 23.8 Å². The van der Waals surface area contributed by atoms with Crippen molar-refractivity contribution in [3.05, 3.63) is 64.7 Å². The summed E-state index contributed by atoms with van der Waals surface area (Å²) >= 11 is 0. The molecule has 2 aromatic carbocycles. The average Bonchev–Trinajstić information content (AvgIpc) is 2.66. The summed E-state index contributed by atoms with van der Waals surface area (Å²) in [6, 6.07) is 13.0. The van der Waals surface area contributed by atoms with Crippen LogP contribution >= 0.6 is 0 Å². The highest BCUT2D eigenvalue weighted by atomic mass is 16.7. The van der Waals surface area contributed by atoms with Crippen LogP contribution in [0.5, 0.6) is 5.75 Å². The van der Waals surface area contributed by atoms with Gasteiger partial charge in [0.1, 0.15) is 5.75 Å². The minimum atomic E-state index is -0.355. The lowest BCUT2D eigenvalue weighted by molar-refractivity contribution is -0.143. The van der Waals surface area contributed by atoms with Gasteiger partial charge in [-0.2, -0.15) is 0 Å². The summed E-state index contributed by atoms with van der Waals surface area (Å²) in [7, 11) is 0. The van der Waals surface area contributed by atoms with Gasteiger partial charge in [0.05, 0.1) is 19.6 Å². The highest BCUT2D eigenvalue weighted by Gasteiger charge is 2.10. The Balaban J connectivity index is 1.77. The molecule has 5 heteroatoms. The van der Waals surface area contributed by atoms with Crippen LogP contribution in [0.2, 0.25) is 0 Å². The number of hydrogen-bond acceptors (Lipinski definition) is 5. The van der Waals surface area contributed by atoms with Crippen LogP contribution < -0.4 is 4.74 Å². The van der Waals surface area contributed by atoms with E-state index >= 15 is 0 Å². The number of ether oxygens (including phenoxy) is 3. The maximum absolute atomic E-state index is 12.1. The summed E-state index contributed by atoms with van der Waals surface area (Å²) in [5.41, 5.74) is 4.10. The molecule has 0 atom stereocenters. The smallest absolute Gasteiger partial charge is 0.306 e. The standard InChI is InChI=1S/C22H26O5/c1-4-26-22(24)13-12-21(23)18-8-10-19(11-9-18)27-15-25-14-20-16(2)6-5-7-17(20)3/h5-11H,4,12-15H2,1-3H3. The van der Waals surface area contributed by atoms with Gasteiger partial charge in [-0.25, -0.2) is 0 Å². The third kappa shape index (κ3) is 6.53. The van der Waals surface area contributed by atoms with Crippen LogP contribution in [0, 0.1) is 13.8 Å². The Morgan fingerprint density at radius 1 is 0.926 bits per heavy atom. The van der Waals surface area contributed by atoms with Gasteiger partial charge >= 0.3 is 5.97 Å². The second-order valence-corrected chi connectivity index (χ2v) is 6.23. The van der Waals surface area contributed by atoms with Crippen LogP contribution in [0.25, 0.3) is 0 Å². The third-order valence-corrected chi connectivity index (χ3v) is 4.24. The van der Waals surface area contributed by atoms with Gasteiger partial charge in [-0.1, -0.05) is 18.2 Å². The summed E-state index contributed by atoms with van der Waals surface area (Å²) in [6.45, 7) is 6.80. The minimum absolute atomic E-state index is 0.0943. The third-order valence-electron chi connectivity index (χ3n) is 4.24. The van der Waals surface area contributed by atoms with Gasteiger partial charge in [-0.15, -0.1) is 0 Å². The summed E-state index contributed by atoms with van der Waals surface area (Å²) in [4.78, 5) is 23.4. The number of aryl methyl sites for hydroxylation is 2. The maximum atomic E-state index is 12.1. The lowest BCUT2D eigenvalue weighted by atomic mass is 10.0. The highest BCUT2D eigenvalue weighted by Crippen LogP contribution is 2.16. The summed E-state index contributed by atoms with van der Waals surface area (Å²) in [5, 5.41) is 0. The number of carbonyl (C=O) groups is 2. The zero-order valence-electron chi connectivity index (χ0n) is 16.1. The first kappa shape index (κ1) is 20.6. The molecule has 2 rings (SSSR count). The first-order chi connectivity index (χ1) is 13.0. The molecule has 5 nitrogen and oxygen atoms in total. The summed E-state index contributed by atoms with van der Waals surface area (Å²) < 4.78 is 16.0. The van der Waals surface area contributed by atoms with Crippen LogP contribution in [-0.4, -0.2) is 25.2 Å². The molecule has 0 bridgehead atoms. The summed E-state index contributed by atoms with van der Waals surface area (Å²) in [5.74, 6) is 0.172. The average molecular weight is 370 g/mol. The molecule has 0 aliphatic heterocycles.